The minimum absolute atomic E-state index is 0.248. The lowest BCUT2D eigenvalue weighted by Gasteiger charge is -2.45. The Morgan fingerprint density at radius 1 is 1.08 bits per heavy atom. The minimum atomic E-state index is 0.248. The fourth-order valence-corrected chi connectivity index (χ4v) is 3.89. The van der Waals surface area contributed by atoms with Crippen LogP contribution >= 0.6 is 0 Å². The Bertz CT molecular complexity index is 650. The van der Waals surface area contributed by atoms with Gasteiger partial charge in [0.05, 0.1) is 17.6 Å². The third kappa shape index (κ3) is 3.22. The van der Waals surface area contributed by atoms with Gasteiger partial charge < -0.3 is 10.1 Å². The summed E-state index contributed by atoms with van der Waals surface area (Å²) in [5.41, 5.74) is 2.33. The van der Waals surface area contributed by atoms with Crippen molar-refractivity contribution < 1.29 is 4.74 Å². The smallest absolute Gasteiger partial charge is 0.0972 e. The number of aromatic nitrogens is 3. The number of nitrogens with zero attached hydrogens (tertiary/aromatic N) is 4. The van der Waals surface area contributed by atoms with Gasteiger partial charge in [-0.1, -0.05) is 23.4 Å². The second kappa shape index (κ2) is 7.01. The van der Waals surface area contributed by atoms with Crippen molar-refractivity contribution in [1.29, 1.82) is 0 Å². The van der Waals surface area contributed by atoms with Gasteiger partial charge in [0, 0.05) is 38.4 Å². The van der Waals surface area contributed by atoms with Crippen molar-refractivity contribution in [3.8, 4) is 5.69 Å². The summed E-state index contributed by atoms with van der Waals surface area (Å²) in [6, 6.07) is 10.2. The highest BCUT2D eigenvalue weighted by molar-refractivity contribution is 5.29. The molecule has 128 valence electrons. The Kier molecular flexibility index (Phi) is 4.60. The van der Waals surface area contributed by atoms with Crippen LogP contribution in [0.2, 0.25) is 0 Å². The van der Waals surface area contributed by atoms with E-state index in [0.29, 0.717) is 0 Å². The second-order valence-corrected chi connectivity index (χ2v) is 6.75. The van der Waals surface area contributed by atoms with Crippen molar-refractivity contribution in [1.82, 2.24) is 25.2 Å². The number of hydrogen-bond donors (Lipinski definition) is 1. The van der Waals surface area contributed by atoms with Gasteiger partial charge in [-0.05, 0) is 37.9 Å². The van der Waals surface area contributed by atoms with Crippen LogP contribution in [-0.4, -0.2) is 58.3 Å². The summed E-state index contributed by atoms with van der Waals surface area (Å²) >= 11 is 0. The van der Waals surface area contributed by atoms with E-state index in [9.17, 15) is 0 Å². The third-order valence-corrected chi connectivity index (χ3v) is 5.33. The van der Waals surface area contributed by atoms with Crippen molar-refractivity contribution in [3.63, 3.8) is 0 Å². The van der Waals surface area contributed by atoms with E-state index in [1.807, 2.05) is 35.0 Å². The van der Waals surface area contributed by atoms with Crippen LogP contribution in [0.15, 0.2) is 36.5 Å². The van der Waals surface area contributed by atoms with E-state index in [4.69, 9.17) is 4.74 Å². The van der Waals surface area contributed by atoms with Gasteiger partial charge in [-0.2, -0.15) is 0 Å². The molecule has 0 atom stereocenters. The first-order valence-electron chi connectivity index (χ1n) is 8.86. The molecule has 6 heteroatoms. The summed E-state index contributed by atoms with van der Waals surface area (Å²) in [6.07, 6.45) is 5.47. The highest BCUT2D eigenvalue weighted by Gasteiger charge is 2.39. The number of para-hydroxylation sites is 1. The van der Waals surface area contributed by atoms with Crippen LogP contribution in [-0.2, 0) is 11.3 Å². The predicted molar refractivity (Wildman–Crippen MR) is 92.0 cm³/mol. The van der Waals surface area contributed by atoms with Crippen LogP contribution in [0.25, 0.3) is 5.69 Å². The molecule has 1 aromatic carbocycles. The van der Waals surface area contributed by atoms with Gasteiger partial charge in [0.15, 0.2) is 0 Å². The lowest BCUT2D eigenvalue weighted by Crippen LogP contribution is -2.52. The Hall–Kier alpha value is -1.76. The molecule has 2 fully saturated rings. The molecule has 1 aromatic heterocycles. The Morgan fingerprint density at radius 2 is 1.92 bits per heavy atom. The number of rotatable bonds is 3. The Balaban J connectivity index is 1.53. The van der Waals surface area contributed by atoms with Gasteiger partial charge in [0.25, 0.3) is 0 Å². The van der Waals surface area contributed by atoms with Crippen molar-refractivity contribution in [2.75, 3.05) is 32.8 Å². The van der Waals surface area contributed by atoms with Crippen LogP contribution in [0.3, 0.4) is 0 Å². The van der Waals surface area contributed by atoms with Crippen molar-refractivity contribution in [2.24, 2.45) is 0 Å². The molecule has 1 spiro atoms. The normalized spacial score (nSPS) is 21.7. The molecule has 2 aromatic rings. The van der Waals surface area contributed by atoms with Gasteiger partial charge >= 0.3 is 0 Å². The second-order valence-electron chi connectivity index (χ2n) is 6.75. The zero-order valence-electron chi connectivity index (χ0n) is 14.0. The highest BCUT2D eigenvalue weighted by atomic mass is 16.5. The Labute approximate surface area is 142 Å². The average molecular weight is 327 g/mol. The van der Waals surface area contributed by atoms with Gasteiger partial charge in [-0.15, -0.1) is 5.10 Å². The molecule has 6 nitrogen and oxygen atoms in total. The fraction of sp³-hybridized carbons (Fsp3) is 0.556. The molecule has 0 amide bonds. The van der Waals surface area contributed by atoms with E-state index in [2.05, 4.69) is 26.7 Å². The maximum absolute atomic E-state index is 5.62. The molecule has 4 rings (SSSR count). The molecule has 2 saturated heterocycles. The molecular weight excluding hydrogens is 302 g/mol. The highest BCUT2D eigenvalue weighted by Crippen LogP contribution is 2.33. The topological polar surface area (TPSA) is 55.2 Å². The summed E-state index contributed by atoms with van der Waals surface area (Å²) < 4.78 is 7.48. The van der Waals surface area contributed by atoms with Crippen LogP contribution in [0.1, 0.15) is 25.0 Å². The summed E-state index contributed by atoms with van der Waals surface area (Å²) in [6.45, 7) is 5.77. The summed E-state index contributed by atoms with van der Waals surface area (Å²) in [5, 5.41) is 12.3. The number of ether oxygens (including phenoxy) is 1. The first kappa shape index (κ1) is 15.7. The molecular formula is C18H25N5O. The van der Waals surface area contributed by atoms with Gasteiger partial charge in [0.2, 0.25) is 0 Å². The Morgan fingerprint density at radius 3 is 2.75 bits per heavy atom. The van der Waals surface area contributed by atoms with Crippen LogP contribution in [0.4, 0.5) is 0 Å². The van der Waals surface area contributed by atoms with Gasteiger partial charge in [0.1, 0.15) is 0 Å². The molecule has 0 saturated carbocycles. The maximum atomic E-state index is 5.62. The molecule has 0 bridgehead atoms. The number of nitrogens with one attached hydrogen (secondary N) is 1. The van der Waals surface area contributed by atoms with E-state index in [0.717, 1.165) is 63.6 Å². The maximum Gasteiger partial charge on any atom is 0.0972 e. The molecule has 0 radical (unpaired) electrons. The van der Waals surface area contributed by atoms with Crippen molar-refractivity contribution in [3.05, 3.63) is 42.2 Å². The van der Waals surface area contributed by atoms with Gasteiger partial charge in [-0.3, -0.25) is 4.90 Å². The number of benzene rings is 1. The average Bonchev–Trinajstić information content (AvgIpc) is 3.03. The van der Waals surface area contributed by atoms with E-state index in [1.54, 1.807) is 0 Å². The summed E-state index contributed by atoms with van der Waals surface area (Å²) in [4.78, 5) is 2.61. The molecule has 2 aliphatic rings. The van der Waals surface area contributed by atoms with E-state index < -0.39 is 0 Å². The third-order valence-electron chi connectivity index (χ3n) is 5.33. The quantitative estimate of drug-likeness (QED) is 0.928. The molecule has 1 N–H and O–H groups in total. The lowest BCUT2D eigenvalue weighted by atomic mass is 9.84. The van der Waals surface area contributed by atoms with Crippen molar-refractivity contribution in [2.45, 2.75) is 31.3 Å². The van der Waals surface area contributed by atoms with Crippen molar-refractivity contribution >= 4 is 0 Å². The largest absolute Gasteiger partial charge is 0.381 e. The van der Waals surface area contributed by atoms with E-state index >= 15 is 0 Å². The summed E-state index contributed by atoms with van der Waals surface area (Å²) in [7, 11) is 0. The monoisotopic (exact) mass is 327 g/mol. The minimum Gasteiger partial charge on any atom is -0.381 e. The number of hydrogen-bond acceptors (Lipinski definition) is 5. The van der Waals surface area contributed by atoms with E-state index in [-0.39, 0.29) is 5.54 Å². The SMILES string of the molecule is c1ccc(-n2cc(CN3CCNCCC34CCOCC4)nn2)cc1. The molecule has 2 aliphatic heterocycles. The zero-order valence-corrected chi connectivity index (χ0v) is 14.0. The first-order valence-corrected chi connectivity index (χ1v) is 8.86. The predicted octanol–water partition coefficient (Wildman–Crippen LogP) is 1.61. The van der Waals surface area contributed by atoms with Gasteiger partial charge in [-0.25, -0.2) is 4.68 Å². The lowest BCUT2D eigenvalue weighted by molar-refractivity contribution is -0.0312. The zero-order chi connectivity index (χ0) is 16.2. The summed E-state index contributed by atoms with van der Waals surface area (Å²) in [5.74, 6) is 0. The van der Waals surface area contributed by atoms with Crippen LogP contribution in [0, 0.1) is 0 Å². The standard InChI is InChI=1S/C18H25N5O/c1-2-4-17(5-3-1)23-15-16(20-21-23)14-22-11-10-19-9-6-18(22)7-12-24-13-8-18/h1-5,15,19H,6-14H2. The van der Waals surface area contributed by atoms with Crippen LogP contribution in [0.5, 0.6) is 0 Å². The molecule has 24 heavy (non-hydrogen) atoms. The molecule has 0 unspecified atom stereocenters. The molecule has 3 heterocycles. The fourth-order valence-electron chi connectivity index (χ4n) is 3.89. The van der Waals surface area contributed by atoms with E-state index in [1.165, 1.54) is 6.42 Å². The van der Waals surface area contributed by atoms with Crippen LogP contribution < -0.4 is 5.32 Å². The first-order chi connectivity index (χ1) is 11.9. The molecule has 0 aliphatic carbocycles.